The maximum absolute atomic E-state index is 12.5. The van der Waals surface area contributed by atoms with Crippen molar-refractivity contribution in [2.24, 2.45) is 0 Å². The molecule has 7 nitrogen and oxygen atoms in total. The van der Waals surface area contributed by atoms with Crippen LogP contribution in [0.3, 0.4) is 0 Å². The van der Waals surface area contributed by atoms with Crippen molar-refractivity contribution in [2.75, 3.05) is 26.2 Å². The quantitative estimate of drug-likeness (QED) is 0.671. The number of carbonyl (C=O) groups excluding carboxylic acids is 1. The molecule has 1 saturated heterocycles. The number of hydrogen-bond donors (Lipinski definition) is 0. The van der Waals surface area contributed by atoms with Crippen LogP contribution in [-0.4, -0.2) is 52.0 Å². The SMILES string of the molecule is O=C(Cc1ccccc1Cl)N1CCN(Cc2nc(-c3ccco3)no2)CC1. The monoisotopic (exact) mass is 386 g/mol. The van der Waals surface area contributed by atoms with Gasteiger partial charge in [-0.2, -0.15) is 4.98 Å². The highest BCUT2D eigenvalue weighted by atomic mass is 35.5. The average molecular weight is 387 g/mol. The summed E-state index contributed by atoms with van der Waals surface area (Å²) in [6.07, 6.45) is 1.90. The number of carbonyl (C=O) groups is 1. The van der Waals surface area contributed by atoms with Gasteiger partial charge in [-0.3, -0.25) is 9.69 Å². The molecule has 4 rings (SSSR count). The Morgan fingerprint density at radius 3 is 2.67 bits per heavy atom. The van der Waals surface area contributed by atoms with Gasteiger partial charge in [-0.1, -0.05) is 35.0 Å². The van der Waals surface area contributed by atoms with Crippen LogP contribution in [0.2, 0.25) is 5.02 Å². The van der Waals surface area contributed by atoms with Gasteiger partial charge in [-0.25, -0.2) is 0 Å². The van der Waals surface area contributed by atoms with Crippen LogP contribution in [-0.2, 0) is 17.8 Å². The lowest BCUT2D eigenvalue weighted by molar-refractivity contribution is -0.132. The zero-order valence-electron chi connectivity index (χ0n) is 14.7. The number of rotatable bonds is 5. The predicted octanol–water partition coefficient (Wildman–Crippen LogP) is 2.87. The molecule has 0 aliphatic carbocycles. The number of benzene rings is 1. The molecule has 1 fully saturated rings. The van der Waals surface area contributed by atoms with E-state index in [2.05, 4.69) is 15.0 Å². The molecule has 0 unspecified atom stereocenters. The van der Waals surface area contributed by atoms with Gasteiger partial charge in [-0.05, 0) is 23.8 Å². The van der Waals surface area contributed by atoms with Gasteiger partial charge in [0.05, 0.1) is 19.2 Å². The third-order valence-electron chi connectivity index (χ3n) is 4.59. The Hall–Kier alpha value is -2.64. The van der Waals surface area contributed by atoms with E-state index in [-0.39, 0.29) is 5.91 Å². The maximum atomic E-state index is 12.5. The Bertz CT molecular complexity index is 901. The minimum atomic E-state index is 0.0978. The number of hydrogen-bond acceptors (Lipinski definition) is 6. The molecule has 1 aliphatic heterocycles. The van der Waals surface area contributed by atoms with Gasteiger partial charge in [0.15, 0.2) is 5.76 Å². The minimum absolute atomic E-state index is 0.0978. The van der Waals surface area contributed by atoms with Crippen molar-refractivity contribution in [3.8, 4) is 11.6 Å². The maximum Gasteiger partial charge on any atom is 0.241 e. The van der Waals surface area contributed by atoms with Gasteiger partial charge in [0.25, 0.3) is 0 Å². The second-order valence-electron chi connectivity index (χ2n) is 6.41. The van der Waals surface area contributed by atoms with E-state index < -0.39 is 0 Å². The number of nitrogens with zero attached hydrogens (tertiary/aromatic N) is 4. The number of amides is 1. The summed E-state index contributed by atoms with van der Waals surface area (Å²) < 4.78 is 10.6. The normalized spacial score (nSPS) is 15.2. The van der Waals surface area contributed by atoms with E-state index in [0.29, 0.717) is 48.6 Å². The van der Waals surface area contributed by atoms with E-state index in [4.69, 9.17) is 20.5 Å². The average Bonchev–Trinajstić information content (AvgIpc) is 3.36. The van der Waals surface area contributed by atoms with E-state index in [1.165, 1.54) is 0 Å². The molecule has 0 spiro atoms. The third-order valence-corrected chi connectivity index (χ3v) is 4.96. The molecule has 0 saturated carbocycles. The van der Waals surface area contributed by atoms with Crippen LogP contribution in [0.15, 0.2) is 51.6 Å². The standard InChI is InChI=1S/C19H19ClN4O3/c20-15-5-2-1-4-14(15)12-18(25)24-9-7-23(8-10-24)13-17-21-19(22-27-17)16-6-3-11-26-16/h1-6,11H,7-10,12-13H2. The fourth-order valence-electron chi connectivity index (χ4n) is 3.09. The predicted molar refractivity (Wildman–Crippen MR) is 99.0 cm³/mol. The molecule has 0 atom stereocenters. The Kier molecular flexibility index (Phi) is 5.22. The summed E-state index contributed by atoms with van der Waals surface area (Å²) in [6, 6.07) is 11.0. The fourth-order valence-corrected chi connectivity index (χ4v) is 3.29. The Labute approximate surface area is 161 Å². The molecular formula is C19H19ClN4O3. The van der Waals surface area contributed by atoms with Crippen LogP contribution in [0, 0.1) is 0 Å². The number of piperazine rings is 1. The lowest BCUT2D eigenvalue weighted by Gasteiger charge is -2.34. The molecule has 2 aromatic heterocycles. The Morgan fingerprint density at radius 2 is 1.93 bits per heavy atom. The summed E-state index contributed by atoms with van der Waals surface area (Å²) in [5.41, 5.74) is 0.864. The first kappa shape index (κ1) is 17.8. The second kappa shape index (κ2) is 7.94. The second-order valence-corrected chi connectivity index (χ2v) is 6.82. The van der Waals surface area contributed by atoms with E-state index in [1.807, 2.05) is 29.2 Å². The molecule has 0 radical (unpaired) electrons. The highest BCUT2D eigenvalue weighted by Crippen LogP contribution is 2.18. The van der Waals surface area contributed by atoms with Gasteiger partial charge in [0.2, 0.25) is 17.6 Å². The summed E-state index contributed by atoms with van der Waals surface area (Å²) in [6.45, 7) is 3.41. The van der Waals surface area contributed by atoms with Crippen molar-refractivity contribution in [3.63, 3.8) is 0 Å². The van der Waals surface area contributed by atoms with Crippen LogP contribution in [0.5, 0.6) is 0 Å². The Balaban J connectivity index is 1.29. The van der Waals surface area contributed by atoms with E-state index in [0.717, 1.165) is 18.7 Å². The fraction of sp³-hybridized carbons (Fsp3) is 0.316. The van der Waals surface area contributed by atoms with Crippen LogP contribution in [0.4, 0.5) is 0 Å². The molecule has 27 heavy (non-hydrogen) atoms. The summed E-state index contributed by atoms with van der Waals surface area (Å²) in [7, 11) is 0. The van der Waals surface area contributed by atoms with Crippen molar-refractivity contribution >= 4 is 17.5 Å². The molecule has 3 aromatic rings. The largest absolute Gasteiger partial charge is 0.461 e. The summed E-state index contributed by atoms with van der Waals surface area (Å²) >= 11 is 6.15. The van der Waals surface area contributed by atoms with Crippen molar-refractivity contribution < 1.29 is 13.7 Å². The molecule has 1 aliphatic rings. The van der Waals surface area contributed by atoms with Gasteiger partial charge in [-0.15, -0.1) is 0 Å². The first-order valence-corrected chi connectivity index (χ1v) is 9.17. The van der Waals surface area contributed by atoms with Crippen LogP contribution in [0.25, 0.3) is 11.6 Å². The van der Waals surface area contributed by atoms with E-state index in [1.54, 1.807) is 18.4 Å². The van der Waals surface area contributed by atoms with E-state index in [9.17, 15) is 4.79 Å². The topological polar surface area (TPSA) is 75.6 Å². The van der Waals surface area contributed by atoms with Crippen molar-refractivity contribution in [1.82, 2.24) is 19.9 Å². The number of aromatic nitrogens is 2. The third kappa shape index (κ3) is 4.20. The highest BCUT2D eigenvalue weighted by molar-refractivity contribution is 6.31. The smallest absolute Gasteiger partial charge is 0.241 e. The summed E-state index contributed by atoms with van der Waals surface area (Å²) in [4.78, 5) is 20.9. The van der Waals surface area contributed by atoms with Gasteiger partial charge < -0.3 is 13.8 Å². The molecule has 3 heterocycles. The van der Waals surface area contributed by atoms with Crippen molar-refractivity contribution in [2.45, 2.75) is 13.0 Å². The van der Waals surface area contributed by atoms with Gasteiger partial charge in [0, 0.05) is 31.2 Å². The zero-order valence-corrected chi connectivity index (χ0v) is 15.4. The molecule has 0 N–H and O–H groups in total. The lowest BCUT2D eigenvalue weighted by atomic mass is 10.1. The molecule has 0 bridgehead atoms. The zero-order chi connectivity index (χ0) is 18.6. The molecular weight excluding hydrogens is 368 g/mol. The molecule has 140 valence electrons. The summed E-state index contributed by atoms with van der Waals surface area (Å²) in [5, 5.41) is 4.57. The first-order valence-electron chi connectivity index (χ1n) is 8.79. The minimum Gasteiger partial charge on any atom is -0.461 e. The first-order chi connectivity index (χ1) is 13.2. The van der Waals surface area contributed by atoms with Crippen molar-refractivity contribution in [1.29, 1.82) is 0 Å². The lowest BCUT2D eigenvalue weighted by Crippen LogP contribution is -2.48. The number of furan rings is 1. The van der Waals surface area contributed by atoms with Crippen LogP contribution < -0.4 is 0 Å². The van der Waals surface area contributed by atoms with Gasteiger partial charge >= 0.3 is 0 Å². The van der Waals surface area contributed by atoms with Gasteiger partial charge in [0.1, 0.15) is 0 Å². The van der Waals surface area contributed by atoms with E-state index >= 15 is 0 Å². The summed E-state index contributed by atoms with van der Waals surface area (Å²) in [5.74, 6) is 1.67. The molecule has 1 aromatic carbocycles. The number of halogens is 1. The molecule has 1 amide bonds. The Morgan fingerprint density at radius 1 is 1.11 bits per heavy atom. The molecule has 8 heteroatoms. The van der Waals surface area contributed by atoms with Crippen LogP contribution >= 0.6 is 11.6 Å². The van der Waals surface area contributed by atoms with Crippen LogP contribution in [0.1, 0.15) is 11.5 Å². The highest BCUT2D eigenvalue weighted by Gasteiger charge is 2.23. The van der Waals surface area contributed by atoms with Crippen molar-refractivity contribution in [3.05, 3.63) is 59.1 Å².